The Morgan fingerprint density at radius 1 is 1.27 bits per heavy atom. The summed E-state index contributed by atoms with van der Waals surface area (Å²) in [5, 5.41) is 4.31. The van der Waals surface area contributed by atoms with Crippen LogP contribution in [0, 0.1) is 13.8 Å². The van der Waals surface area contributed by atoms with E-state index in [2.05, 4.69) is 5.32 Å². The van der Waals surface area contributed by atoms with Gasteiger partial charge in [-0.15, -0.1) is 11.3 Å². The highest BCUT2D eigenvalue weighted by molar-refractivity contribution is 7.99. The highest BCUT2D eigenvalue weighted by Crippen LogP contribution is 2.35. The van der Waals surface area contributed by atoms with Crippen molar-refractivity contribution >= 4 is 39.2 Å². The zero-order valence-corrected chi connectivity index (χ0v) is 20.7. The lowest BCUT2D eigenvalue weighted by Gasteiger charge is -2.16. The molecule has 0 saturated carbocycles. The van der Waals surface area contributed by atoms with Gasteiger partial charge in [-0.3, -0.25) is 14.2 Å². The van der Waals surface area contributed by atoms with E-state index in [1.807, 2.05) is 32.0 Å². The molecule has 1 aliphatic carbocycles. The first-order chi connectivity index (χ1) is 16.0. The number of thioether (sulfide) groups is 1. The first-order valence-electron chi connectivity index (χ1n) is 11.7. The van der Waals surface area contributed by atoms with Crippen molar-refractivity contribution in [3.8, 4) is 5.69 Å². The lowest BCUT2D eigenvalue weighted by molar-refractivity contribution is -0.119. The van der Waals surface area contributed by atoms with Gasteiger partial charge in [0.15, 0.2) is 5.16 Å². The molecule has 6 nitrogen and oxygen atoms in total. The minimum atomic E-state index is -0.0668. The van der Waals surface area contributed by atoms with E-state index in [0.717, 1.165) is 72.2 Å². The number of carbonyl (C=O) groups is 1. The van der Waals surface area contributed by atoms with Gasteiger partial charge in [0.1, 0.15) is 4.83 Å². The number of rotatable bonds is 6. The molecule has 1 atom stereocenters. The van der Waals surface area contributed by atoms with Gasteiger partial charge in [0.05, 0.1) is 22.9 Å². The van der Waals surface area contributed by atoms with Crippen molar-refractivity contribution in [1.82, 2.24) is 14.9 Å². The maximum Gasteiger partial charge on any atom is 0.267 e. The molecular formula is C25H29N3O3S2. The Bertz CT molecular complexity index is 1260. The van der Waals surface area contributed by atoms with E-state index < -0.39 is 0 Å². The van der Waals surface area contributed by atoms with Gasteiger partial charge in [-0.05, 0) is 75.1 Å². The summed E-state index contributed by atoms with van der Waals surface area (Å²) in [6.45, 7) is 5.34. The number of fused-ring (bicyclic) bond motifs is 3. The number of aromatic nitrogens is 2. The quantitative estimate of drug-likeness (QED) is 0.417. The molecule has 3 aromatic rings. The van der Waals surface area contributed by atoms with E-state index in [9.17, 15) is 9.59 Å². The number of hydrogen-bond donors (Lipinski definition) is 1. The molecule has 8 heteroatoms. The van der Waals surface area contributed by atoms with Gasteiger partial charge in [-0.2, -0.15) is 0 Å². The second-order valence-electron chi connectivity index (χ2n) is 8.94. The van der Waals surface area contributed by atoms with Gasteiger partial charge in [0, 0.05) is 18.0 Å². The molecule has 2 aliphatic rings. The monoisotopic (exact) mass is 483 g/mol. The first-order valence-corrected chi connectivity index (χ1v) is 13.5. The van der Waals surface area contributed by atoms with Crippen LogP contribution in [0.5, 0.6) is 0 Å². The molecule has 174 valence electrons. The van der Waals surface area contributed by atoms with Gasteiger partial charge >= 0.3 is 0 Å². The van der Waals surface area contributed by atoms with Gasteiger partial charge in [0.2, 0.25) is 5.91 Å². The summed E-state index contributed by atoms with van der Waals surface area (Å²) in [4.78, 5) is 33.5. The van der Waals surface area contributed by atoms with Crippen LogP contribution in [-0.4, -0.2) is 40.5 Å². The Balaban J connectivity index is 1.51. The summed E-state index contributed by atoms with van der Waals surface area (Å²) >= 11 is 2.97. The van der Waals surface area contributed by atoms with E-state index in [4.69, 9.17) is 9.72 Å². The van der Waals surface area contributed by atoms with Crippen molar-refractivity contribution in [3.05, 3.63) is 50.1 Å². The average molecular weight is 484 g/mol. The van der Waals surface area contributed by atoms with Crippen LogP contribution in [0.2, 0.25) is 0 Å². The predicted molar refractivity (Wildman–Crippen MR) is 134 cm³/mol. The molecule has 1 saturated heterocycles. The molecule has 0 radical (unpaired) electrons. The fourth-order valence-electron chi connectivity index (χ4n) is 4.67. The summed E-state index contributed by atoms with van der Waals surface area (Å²) in [5.74, 6) is 0.142. The molecule has 0 spiro atoms. The Morgan fingerprint density at radius 3 is 2.94 bits per heavy atom. The molecule has 1 N–H and O–H groups in total. The highest BCUT2D eigenvalue weighted by atomic mass is 32.2. The number of carbonyl (C=O) groups excluding carboxylic acids is 1. The second-order valence-corrected chi connectivity index (χ2v) is 11.0. The topological polar surface area (TPSA) is 73.2 Å². The molecule has 1 amide bonds. The number of amides is 1. The predicted octanol–water partition coefficient (Wildman–Crippen LogP) is 4.33. The van der Waals surface area contributed by atoms with Crippen molar-refractivity contribution in [2.45, 2.75) is 63.6 Å². The van der Waals surface area contributed by atoms with E-state index in [-0.39, 0.29) is 23.3 Å². The second kappa shape index (κ2) is 9.60. The summed E-state index contributed by atoms with van der Waals surface area (Å²) < 4.78 is 7.32. The van der Waals surface area contributed by atoms with Crippen molar-refractivity contribution in [1.29, 1.82) is 0 Å². The van der Waals surface area contributed by atoms with Crippen LogP contribution >= 0.6 is 23.1 Å². The van der Waals surface area contributed by atoms with Gasteiger partial charge in [0.25, 0.3) is 5.56 Å². The Kier molecular flexibility index (Phi) is 6.58. The molecule has 0 bridgehead atoms. The largest absolute Gasteiger partial charge is 0.376 e. The maximum atomic E-state index is 13.9. The lowest BCUT2D eigenvalue weighted by atomic mass is 9.97. The highest BCUT2D eigenvalue weighted by Gasteiger charge is 2.24. The maximum absolute atomic E-state index is 13.9. The minimum absolute atomic E-state index is 0.0182. The molecule has 1 aromatic carbocycles. The van der Waals surface area contributed by atoms with E-state index in [1.54, 1.807) is 15.9 Å². The van der Waals surface area contributed by atoms with Gasteiger partial charge in [-0.25, -0.2) is 4.98 Å². The third-order valence-electron chi connectivity index (χ3n) is 6.45. The smallest absolute Gasteiger partial charge is 0.267 e. The number of benzene rings is 1. The molecule has 5 rings (SSSR count). The van der Waals surface area contributed by atoms with Crippen LogP contribution in [0.3, 0.4) is 0 Å². The fraction of sp³-hybridized carbons (Fsp3) is 0.480. The first kappa shape index (κ1) is 22.6. The minimum Gasteiger partial charge on any atom is -0.376 e. The van der Waals surface area contributed by atoms with Gasteiger partial charge < -0.3 is 10.1 Å². The SMILES string of the molecule is Cc1ccc(C)c(-n2c(SCC(=O)NCC3CCCO3)nc3sc4c(c3c2=O)CCCC4)c1. The zero-order valence-electron chi connectivity index (χ0n) is 19.1. The average Bonchev–Trinajstić information content (AvgIpc) is 3.45. The van der Waals surface area contributed by atoms with Crippen LogP contribution in [0.4, 0.5) is 0 Å². The van der Waals surface area contributed by atoms with Crippen LogP contribution in [0.1, 0.15) is 47.3 Å². The van der Waals surface area contributed by atoms with Crippen LogP contribution in [0.15, 0.2) is 28.2 Å². The zero-order chi connectivity index (χ0) is 22.9. The van der Waals surface area contributed by atoms with Crippen LogP contribution < -0.4 is 10.9 Å². The third-order valence-corrected chi connectivity index (χ3v) is 8.57. The number of nitrogens with zero attached hydrogens (tertiary/aromatic N) is 2. The molecule has 1 fully saturated rings. The van der Waals surface area contributed by atoms with Crippen molar-refractivity contribution in [2.75, 3.05) is 18.9 Å². The third kappa shape index (κ3) is 4.61. The molecule has 3 heterocycles. The standard InChI is InChI=1S/C25H29N3O3S2/c1-15-9-10-16(2)19(12-15)28-24(30)22-18-7-3-4-8-20(18)33-23(22)27-25(28)32-14-21(29)26-13-17-6-5-11-31-17/h9-10,12,17H,3-8,11,13-14H2,1-2H3,(H,26,29). The summed E-state index contributed by atoms with van der Waals surface area (Å²) in [6, 6.07) is 6.12. The fourth-order valence-corrected chi connectivity index (χ4v) is 6.81. The molecule has 1 unspecified atom stereocenters. The van der Waals surface area contributed by atoms with E-state index in [0.29, 0.717) is 11.7 Å². The van der Waals surface area contributed by atoms with Crippen LogP contribution in [0.25, 0.3) is 15.9 Å². The Hall–Kier alpha value is -2.16. The van der Waals surface area contributed by atoms with Crippen molar-refractivity contribution < 1.29 is 9.53 Å². The number of ether oxygens (including phenoxy) is 1. The molecule has 1 aliphatic heterocycles. The molecule has 33 heavy (non-hydrogen) atoms. The number of hydrogen-bond acceptors (Lipinski definition) is 6. The van der Waals surface area contributed by atoms with E-state index >= 15 is 0 Å². The Labute approximate surface area is 201 Å². The Morgan fingerprint density at radius 2 is 2.12 bits per heavy atom. The summed E-state index contributed by atoms with van der Waals surface area (Å²) in [7, 11) is 0. The van der Waals surface area contributed by atoms with Crippen molar-refractivity contribution in [3.63, 3.8) is 0 Å². The molecule has 2 aromatic heterocycles. The van der Waals surface area contributed by atoms with Crippen molar-refractivity contribution in [2.24, 2.45) is 0 Å². The number of aryl methyl sites for hydroxylation is 4. The van der Waals surface area contributed by atoms with Gasteiger partial charge in [-0.1, -0.05) is 23.9 Å². The number of thiophene rings is 1. The molecular weight excluding hydrogens is 454 g/mol. The summed E-state index contributed by atoms with van der Waals surface area (Å²) in [5.41, 5.74) is 4.10. The van der Waals surface area contributed by atoms with E-state index in [1.165, 1.54) is 22.2 Å². The summed E-state index contributed by atoms with van der Waals surface area (Å²) in [6.07, 6.45) is 6.39. The van der Waals surface area contributed by atoms with Crippen LogP contribution in [-0.2, 0) is 22.4 Å². The normalized spacial score (nSPS) is 17.9. The lowest BCUT2D eigenvalue weighted by Crippen LogP contribution is -2.33. The number of nitrogens with one attached hydrogen (secondary N) is 1.